The minimum atomic E-state index is -0.533. The standard InChI is InChI=1S/C10H7ClN2O3S/c11-5-1-4(2-6-8(5)16-3-15-6)7-9(14)13-10(17)12-7/h1-2,7H,3H2,(H2,12,13,14,17). The average molecular weight is 271 g/mol. The Kier molecular flexibility index (Phi) is 2.34. The fraction of sp³-hybridized carbons (Fsp3) is 0.200. The van der Waals surface area contributed by atoms with Crippen molar-refractivity contribution in [3.63, 3.8) is 0 Å². The Bertz CT molecular complexity index is 535. The third-order valence-corrected chi connectivity index (χ3v) is 3.06. The molecule has 5 nitrogen and oxygen atoms in total. The van der Waals surface area contributed by atoms with E-state index in [-0.39, 0.29) is 12.7 Å². The van der Waals surface area contributed by atoms with E-state index in [1.54, 1.807) is 12.1 Å². The molecule has 88 valence electrons. The molecule has 0 aromatic heterocycles. The van der Waals surface area contributed by atoms with Gasteiger partial charge in [0.05, 0.1) is 5.02 Å². The van der Waals surface area contributed by atoms with Crippen LogP contribution in [-0.4, -0.2) is 17.8 Å². The van der Waals surface area contributed by atoms with E-state index in [0.717, 1.165) is 0 Å². The molecule has 1 aromatic rings. The summed E-state index contributed by atoms with van der Waals surface area (Å²) in [7, 11) is 0. The fourth-order valence-electron chi connectivity index (χ4n) is 1.81. The van der Waals surface area contributed by atoms with Gasteiger partial charge in [-0.3, -0.25) is 4.79 Å². The lowest BCUT2D eigenvalue weighted by atomic mass is 10.1. The maximum absolute atomic E-state index is 11.6. The van der Waals surface area contributed by atoms with Crippen LogP contribution in [0.5, 0.6) is 11.5 Å². The molecule has 1 aromatic carbocycles. The largest absolute Gasteiger partial charge is 0.454 e. The molecule has 1 atom stereocenters. The molecule has 0 aliphatic carbocycles. The smallest absolute Gasteiger partial charge is 0.253 e. The molecule has 1 saturated heterocycles. The molecule has 7 heteroatoms. The zero-order valence-corrected chi connectivity index (χ0v) is 10.0. The lowest BCUT2D eigenvalue weighted by Crippen LogP contribution is -2.21. The van der Waals surface area contributed by atoms with Crippen LogP contribution < -0.4 is 20.1 Å². The lowest BCUT2D eigenvalue weighted by molar-refractivity contribution is -0.120. The van der Waals surface area contributed by atoms with Gasteiger partial charge < -0.3 is 20.1 Å². The Morgan fingerprint density at radius 1 is 1.41 bits per heavy atom. The van der Waals surface area contributed by atoms with Gasteiger partial charge in [-0.1, -0.05) is 11.6 Å². The second kappa shape index (κ2) is 3.75. The first-order chi connectivity index (χ1) is 8.15. The molecule has 2 aliphatic heterocycles. The SMILES string of the molecule is O=C1NC(=S)NC1c1cc(Cl)c2c(c1)OCO2. The molecule has 2 N–H and O–H groups in total. The summed E-state index contributed by atoms with van der Waals surface area (Å²) in [6.07, 6.45) is 0. The maximum Gasteiger partial charge on any atom is 0.253 e. The molecule has 0 saturated carbocycles. The van der Waals surface area contributed by atoms with Crippen molar-refractivity contribution in [3.05, 3.63) is 22.7 Å². The number of carbonyl (C=O) groups excluding carboxylic acids is 1. The van der Waals surface area contributed by atoms with Gasteiger partial charge >= 0.3 is 0 Å². The highest BCUT2D eigenvalue weighted by Gasteiger charge is 2.31. The highest BCUT2D eigenvalue weighted by molar-refractivity contribution is 7.80. The topological polar surface area (TPSA) is 59.6 Å². The molecule has 1 unspecified atom stereocenters. The molecule has 2 heterocycles. The van der Waals surface area contributed by atoms with Gasteiger partial charge in [0.15, 0.2) is 16.6 Å². The van der Waals surface area contributed by atoms with Crippen molar-refractivity contribution in [2.75, 3.05) is 6.79 Å². The van der Waals surface area contributed by atoms with Gasteiger partial charge in [-0.25, -0.2) is 0 Å². The number of thiocarbonyl (C=S) groups is 1. The van der Waals surface area contributed by atoms with Crippen molar-refractivity contribution in [3.8, 4) is 11.5 Å². The van der Waals surface area contributed by atoms with Crippen molar-refractivity contribution < 1.29 is 14.3 Å². The number of ether oxygens (including phenoxy) is 2. The van der Waals surface area contributed by atoms with Crippen molar-refractivity contribution in [1.82, 2.24) is 10.6 Å². The molecular weight excluding hydrogens is 264 g/mol. The summed E-state index contributed by atoms with van der Waals surface area (Å²) in [5.41, 5.74) is 0.691. The minimum absolute atomic E-state index is 0.140. The predicted molar refractivity (Wildman–Crippen MR) is 64.2 cm³/mol. The Labute approximate surface area is 107 Å². The number of amides is 1. The minimum Gasteiger partial charge on any atom is -0.454 e. The average Bonchev–Trinajstić information content (AvgIpc) is 2.84. The maximum atomic E-state index is 11.6. The third kappa shape index (κ3) is 1.69. The summed E-state index contributed by atoms with van der Waals surface area (Å²) >= 11 is 10.9. The number of fused-ring (bicyclic) bond motifs is 1. The van der Waals surface area contributed by atoms with Crippen molar-refractivity contribution >= 4 is 34.8 Å². The predicted octanol–water partition coefficient (Wildman–Crippen LogP) is 1.11. The number of hydrogen-bond donors (Lipinski definition) is 2. The monoisotopic (exact) mass is 270 g/mol. The van der Waals surface area contributed by atoms with Crippen molar-refractivity contribution in [2.24, 2.45) is 0 Å². The lowest BCUT2D eigenvalue weighted by Gasteiger charge is -2.09. The molecule has 1 amide bonds. The van der Waals surface area contributed by atoms with Gasteiger partial charge in [0.25, 0.3) is 5.91 Å². The van der Waals surface area contributed by atoms with E-state index in [4.69, 9.17) is 33.3 Å². The molecule has 2 aliphatic rings. The highest BCUT2D eigenvalue weighted by Crippen LogP contribution is 2.41. The summed E-state index contributed by atoms with van der Waals surface area (Å²) < 4.78 is 10.4. The zero-order chi connectivity index (χ0) is 12.0. The Balaban J connectivity index is 2.02. The van der Waals surface area contributed by atoms with E-state index in [9.17, 15) is 4.79 Å². The quantitative estimate of drug-likeness (QED) is 0.749. The number of hydrogen-bond acceptors (Lipinski definition) is 4. The molecule has 0 spiro atoms. The first-order valence-corrected chi connectivity index (χ1v) is 5.64. The summed E-state index contributed by atoms with van der Waals surface area (Å²) in [5, 5.41) is 6.11. The van der Waals surface area contributed by atoms with Crippen LogP contribution in [0.25, 0.3) is 0 Å². The van der Waals surface area contributed by atoms with E-state index in [1.165, 1.54) is 0 Å². The second-order valence-corrected chi connectivity index (χ2v) is 4.45. The normalized spacial score (nSPS) is 21.4. The first-order valence-electron chi connectivity index (χ1n) is 4.85. The summed E-state index contributed by atoms with van der Waals surface area (Å²) in [6.45, 7) is 0.140. The van der Waals surface area contributed by atoms with E-state index in [0.29, 0.717) is 27.2 Å². The van der Waals surface area contributed by atoms with Gasteiger partial charge in [0, 0.05) is 0 Å². The molecule has 3 rings (SSSR count). The number of halogens is 1. The molecule has 0 bridgehead atoms. The van der Waals surface area contributed by atoms with Gasteiger partial charge in [0.2, 0.25) is 6.79 Å². The molecular formula is C10H7ClN2O3S. The van der Waals surface area contributed by atoms with E-state index in [2.05, 4.69) is 10.6 Å². The van der Waals surface area contributed by atoms with Crippen LogP contribution in [0.1, 0.15) is 11.6 Å². The summed E-state index contributed by atoms with van der Waals surface area (Å²) in [5.74, 6) is 0.848. The molecule has 17 heavy (non-hydrogen) atoms. The van der Waals surface area contributed by atoms with Crippen LogP contribution in [-0.2, 0) is 4.79 Å². The Morgan fingerprint density at radius 2 is 2.24 bits per heavy atom. The van der Waals surface area contributed by atoms with Crippen LogP contribution in [0.4, 0.5) is 0 Å². The molecule has 0 radical (unpaired) electrons. The Hall–Kier alpha value is -1.53. The number of nitrogens with one attached hydrogen (secondary N) is 2. The summed E-state index contributed by atoms with van der Waals surface area (Å²) in [4.78, 5) is 11.6. The van der Waals surface area contributed by atoms with Gasteiger partial charge in [-0.05, 0) is 29.9 Å². The van der Waals surface area contributed by atoms with Crippen LogP contribution in [0.2, 0.25) is 5.02 Å². The van der Waals surface area contributed by atoms with Crippen LogP contribution in [0.3, 0.4) is 0 Å². The third-order valence-electron chi connectivity index (χ3n) is 2.56. The van der Waals surface area contributed by atoms with E-state index >= 15 is 0 Å². The summed E-state index contributed by atoms with van der Waals surface area (Å²) in [6, 6.07) is 2.86. The van der Waals surface area contributed by atoms with Gasteiger partial charge in [-0.15, -0.1) is 0 Å². The second-order valence-electron chi connectivity index (χ2n) is 3.63. The van der Waals surface area contributed by atoms with E-state index in [1.807, 2.05) is 0 Å². The van der Waals surface area contributed by atoms with Crippen LogP contribution >= 0.6 is 23.8 Å². The van der Waals surface area contributed by atoms with Gasteiger partial charge in [-0.2, -0.15) is 0 Å². The molecule has 1 fully saturated rings. The number of benzene rings is 1. The fourth-order valence-corrected chi connectivity index (χ4v) is 2.30. The van der Waals surface area contributed by atoms with Crippen molar-refractivity contribution in [1.29, 1.82) is 0 Å². The zero-order valence-electron chi connectivity index (χ0n) is 8.45. The van der Waals surface area contributed by atoms with Crippen LogP contribution in [0, 0.1) is 0 Å². The number of carbonyl (C=O) groups is 1. The Morgan fingerprint density at radius 3 is 2.94 bits per heavy atom. The van der Waals surface area contributed by atoms with Crippen LogP contribution in [0.15, 0.2) is 12.1 Å². The first kappa shape index (κ1) is 10.6. The van der Waals surface area contributed by atoms with Crippen molar-refractivity contribution in [2.45, 2.75) is 6.04 Å². The van der Waals surface area contributed by atoms with E-state index < -0.39 is 6.04 Å². The highest BCUT2D eigenvalue weighted by atomic mass is 35.5. The number of rotatable bonds is 1. The van der Waals surface area contributed by atoms with Gasteiger partial charge in [0.1, 0.15) is 6.04 Å².